The molecule has 2 aliphatic rings. The molecule has 0 bridgehead atoms. The lowest BCUT2D eigenvalue weighted by atomic mass is 9.86. The van der Waals surface area contributed by atoms with Crippen molar-refractivity contribution < 1.29 is 9.59 Å². The number of hydrogen-bond donors (Lipinski definition) is 2. The van der Waals surface area contributed by atoms with Gasteiger partial charge in [-0.3, -0.25) is 19.3 Å². The van der Waals surface area contributed by atoms with Gasteiger partial charge >= 0.3 is 0 Å². The van der Waals surface area contributed by atoms with E-state index in [0.717, 1.165) is 19.4 Å². The van der Waals surface area contributed by atoms with Crippen molar-refractivity contribution in [2.45, 2.75) is 31.2 Å². The van der Waals surface area contributed by atoms with Crippen molar-refractivity contribution in [3.8, 4) is 0 Å². The summed E-state index contributed by atoms with van der Waals surface area (Å²) in [7, 11) is 2.06. The van der Waals surface area contributed by atoms with Gasteiger partial charge in [0, 0.05) is 49.9 Å². The zero-order valence-corrected chi connectivity index (χ0v) is 13.9. The van der Waals surface area contributed by atoms with Crippen molar-refractivity contribution in [2.75, 3.05) is 33.2 Å². The van der Waals surface area contributed by atoms with Crippen LogP contribution in [-0.4, -0.2) is 70.3 Å². The maximum absolute atomic E-state index is 12.6. The van der Waals surface area contributed by atoms with E-state index in [1.54, 1.807) is 0 Å². The molecule has 24 heavy (non-hydrogen) atoms. The largest absolute Gasteiger partial charge is 0.356 e. The summed E-state index contributed by atoms with van der Waals surface area (Å²) in [6, 6.07) is 0. The average molecular weight is 333 g/mol. The number of nitrogens with one attached hydrogen (secondary N) is 2. The van der Waals surface area contributed by atoms with Gasteiger partial charge in [-0.1, -0.05) is 0 Å². The molecular weight excluding hydrogens is 310 g/mol. The quantitative estimate of drug-likeness (QED) is 0.733. The van der Waals surface area contributed by atoms with Crippen LogP contribution in [0.3, 0.4) is 0 Å². The number of amides is 2. The number of hydrogen-bond acceptors (Lipinski definition) is 5. The van der Waals surface area contributed by atoms with Crippen LogP contribution in [0.5, 0.6) is 0 Å². The zero-order valence-electron chi connectivity index (χ0n) is 13.9. The summed E-state index contributed by atoms with van der Waals surface area (Å²) in [5.74, 6) is 0.00938. The number of aromatic nitrogens is 2. The average Bonchev–Trinajstić information content (AvgIpc) is 2.75. The summed E-state index contributed by atoms with van der Waals surface area (Å²) < 4.78 is 0. The first-order chi connectivity index (χ1) is 11.5. The van der Waals surface area contributed by atoms with E-state index < -0.39 is 0 Å². The van der Waals surface area contributed by atoms with Crippen molar-refractivity contribution in [2.24, 2.45) is 0 Å². The van der Waals surface area contributed by atoms with Gasteiger partial charge in [0.1, 0.15) is 0 Å². The van der Waals surface area contributed by atoms with Crippen LogP contribution in [0.1, 0.15) is 24.8 Å². The summed E-state index contributed by atoms with van der Waals surface area (Å²) in [4.78, 5) is 46.5. The molecule has 8 heteroatoms. The van der Waals surface area contributed by atoms with E-state index in [1.807, 2.05) is 4.90 Å². The molecule has 1 atom stereocenters. The second-order valence-corrected chi connectivity index (χ2v) is 6.64. The molecule has 2 N–H and O–H groups in total. The van der Waals surface area contributed by atoms with Gasteiger partial charge in [0.05, 0.1) is 12.7 Å². The minimum absolute atomic E-state index is 0.0557. The van der Waals surface area contributed by atoms with Gasteiger partial charge in [0.15, 0.2) is 0 Å². The van der Waals surface area contributed by atoms with Gasteiger partial charge in [-0.25, -0.2) is 4.98 Å². The minimum Gasteiger partial charge on any atom is -0.356 e. The molecule has 8 nitrogen and oxygen atoms in total. The Kier molecular flexibility index (Phi) is 4.66. The smallest absolute Gasteiger partial charge is 0.254 e. The van der Waals surface area contributed by atoms with E-state index in [1.165, 1.54) is 12.5 Å². The maximum Gasteiger partial charge on any atom is 0.254 e. The number of piperazine rings is 1. The lowest BCUT2D eigenvalue weighted by Gasteiger charge is -2.49. The fraction of sp³-hybridized carbons (Fsp3) is 0.625. The molecular formula is C16H23N5O3. The molecule has 130 valence electrons. The van der Waals surface area contributed by atoms with Crippen molar-refractivity contribution >= 4 is 11.8 Å². The molecule has 2 aliphatic heterocycles. The fourth-order valence-corrected chi connectivity index (χ4v) is 3.58. The SMILES string of the molecule is CN1CCN(C(=O)Cc2cnc[nH]c2=O)C[C@]12CCNC(=O)CC2. The molecule has 0 aliphatic carbocycles. The van der Waals surface area contributed by atoms with Crippen LogP contribution in [0.2, 0.25) is 0 Å². The highest BCUT2D eigenvalue weighted by atomic mass is 16.2. The van der Waals surface area contributed by atoms with E-state index in [-0.39, 0.29) is 29.3 Å². The minimum atomic E-state index is -0.272. The highest BCUT2D eigenvalue weighted by molar-refractivity contribution is 5.79. The summed E-state index contributed by atoms with van der Waals surface area (Å²) in [6.45, 7) is 2.63. The second-order valence-electron chi connectivity index (χ2n) is 6.64. The Balaban J connectivity index is 1.73. The molecule has 1 aromatic rings. The van der Waals surface area contributed by atoms with Gasteiger partial charge in [-0.2, -0.15) is 0 Å². The second kappa shape index (κ2) is 6.72. The molecule has 0 aromatic carbocycles. The number of carbonyl (C=O) groups is 2. The molecule has 3 heterocycles. The zero-order chi connectivity index (χ0) is 17.2. The van der Waals surface area contributed by atoms with E-state index in [9.17, 15) is 14.4 Å². The molecule has 0 saturated carbocycles. The van der Waals surface area contributed by atoms with Crippen LogP contribution < -0.4 is 10.9 Å². The van der Waals surface area contributed by atoms with Gasteiger partial charge in [-0.05, 0) is 19.9 Å². The first kappa shape index (κ1) is 16.6. The van der Waals surface area contributed by atoms with Gasteiger partial charge < -0.3 is 15.2 Å². The Morgan fingerprint density at radius 1 is 1.33 bits per heavy atom. The van der Waals surface area contributed by atoms with Crippen LogP contribution in [-0.2, 0) is 16.0 Å². The van der Waals surface area contributed by atoms with E-state index in [2.05, 4.69) is 27.2 Å². The molecule has 2 fully saturated rings. The first-order valence-corrected chi connectivity index (χ1v) is 8.27. The van der Waals surface area contributed by atoms with Crippen molar-refractivity contribution in [3.05, 3.63) is 28.4 Å². The van der Waals surface area contributed by atoms with Gasteiger partial charge in [0.2, 0.25) is 11.8 Å². The maximum atomic E-state index is 12.6. The fourth-order valence-electron chi connectivity index (χ4n) is 3.58. The van der Waals surface area contributed by atoms with Crippen LogP contribution in [0, 0.1) is 0 Å². The number of aromatic amines is 1. The summed E-state index contributed by atoms with van der Waals surface area (Å²) in [5, 5.41) is 2.91. The molecule has 1 aromatic heterocycles. The number of H-pyrrole nitrogens is 1. The van der Waals surface area contributed by atoms with Crippen molar-refractivity contribution in [3.63, 3.8) is 0 Å². The predicted molar refractivity (Wildman–Crippen MR) is 87.4 cm³/mol. The monoisotopic (exact) mass is 333 g/mol. The third kappa shape index (κ3) is 3.33. The van der Waals surface area contributed by atoms with Crippen LogP contribution in [0.4, 0.5) is 0 Å². The van der Waals surface area contributed by atoms with Crippen molar-refractivity contribution in [1.29, 1.82) is 0 Å². The van der Waals surface area contributed by atoms with E-state index >= 15 is 0 Å². The Labute approximate surface area is 140 Å². The number of nitrogens with zero attached hydrogens (tertiary/aromatic N) is 3. The Morgan fingerprint density at radius 2 is 2.17 bits per heavy atom. The molecule has 2 amide bonds. The highest BCUT2D eigenvalue weighted by Gasteiger charge is 2.42. The Hall–Kier alpha value is -2.22. The Morgan fingerprint density at radius 3 is 2.96 bits per heavy atom. The normalized spacial score (nSPS) is 25.4. The van der Waals surface area contributed by atoms with Crippen LogP contribution in [0.25, 0.3) is 0 Å². The topological polar surface area (TPSA) is 98.4 Å². The lowest BCUT2D eigenvalue weighted by molar-refractivity contribution is -0.136. The lowest BCUT2D eigenvalue weighted by Crippen LogP contribution is -2.62. The molecule has 0 unspecified atom stereocenters. The van der Waals surface area contributed by atoms with Crippen LogP contribution in [0.15, 0.2) is 17.3 Å². The number of likely N-dealkylation sites (N-methyl/N-ethyl adjacent to an activating group) is 1. The highest BCUT2D eigenvalue weighted by Crippen LogP contribution is 2.30. The third-order valence-corrected chi connectivity index (χ3v) is 5.22. The molecule has 3 rings (SSSR count). The third-order valence-electron chi connectivity index (χ3n) is 5.22. The molecule has 2 saturated heterocycles. The molecule has 0 radical (unpaired) electrons. The summed E-state index contributed by atoms with van der Waals surface area (Å²) in [6.07, 6.45) is 4.86. The van der Waals surface area contributed by atoms with Crippen LogP contribution >= 0.6 is 0 Å². The van der Waals surface area contributed by atoms with Gasteiger partial charge in [-0.15, -0.1) is 0 Å². The molecule has 1 spiro atoms. The van der Waals surface area contributed by atoms with Gasteiger partial charge in [0.25, 0.3) is 5.56 Å². The standard InChI is InChI=1S/C16H23N5O3/c1-20-6-7-21(10-16(20)3-2-13(22)18-5-4-16)14(23)8-12-9-17-11-19-15(12)24/h9,11H,2-8,10H2,1H3,(H,18,22)(H,17,19,24)/t16-/m0/s1. The van der Waals surface area contributed by atoms with E-state index in [0.29, 0.717) is 31.6 Å². The first-order valence-electron chi connectivity index (χ1n) is 8.27. The number of rotatable bonds is 2. The summed E-state index contributed by atoms with van der Waals surface area (Å²) >= 11 is 0. The summed E-state index contributed by atoms with van der Waals surface area (Å²) in [5.41, 5.74) is -0.0614. The Bertz CT molecular complexity index is 688. The predicted octanol–water partition coefficient (Wildman–Crippen LogP) is -0.875. The van der Waals surface area contributed by atoms with E-state index in [4.69, 9.17) is 0 Å². The van der Waals surface area contributed by atoms with Crippen molar-refractivity contribution in [1.82, 2.24) is 25.1 Å². The number of carbonyl (C=O) groups excluding carboxylic acids is 2.